The molecule has 5 aromatic heterocycles. The fourth-order valence-corrected chi connectivity index (χ4v) is 11.3. The molecule has 0 fully saturated rings. The lowest BCUT2D eigenvalue weighted by atomic mass is 9.76. The SMILES string of the molecule is C=CC1CC2C(CCc3cc4c(cc3-c3cccc[n+]31)c1cccc3c5c6c(ccc5n4c13)sc1ccccc16)c1ccccc1-c1cccc[n+]12. The van der Waals surface area contributed by atoms with E-state index >= 15 is 0 Å². The van der Waals surface area contributed by atoms with Crippen molar-refractivity contribution in [3.8, 4) is 22.5 Å². The Balaban J connectivity index is 1.15. The van der Waals surface area contributed by atoms with E-state index in [0.717, 1.165) is 19.3 Å². The number of hydrogen-bond acceptors (Lipinski definition) is 1. The second-order valence-corrected chi connectivity index (χ2v) is 15.9. The van der Waals surface area contributed by atoms with Gasteiger partial charge in [0, 0.05) is 77.5 Å². The Hall–Kier alpha value is -5.84. The molecule has 0 radical (unpaired) electrons. The molecule has 0 N–H and O–H groups in total. The van der Waals surface area contributed by atoms with E-state index < -0.39 is 0 Å². The molecule has 246 valence electrons. The molecule has 5 aromatic carbocycles. The zero-order chi connectivity index (χ0) is 34.1. The lowest BCUT2D eigenvalue weighted by Gasteiger charge is -2.32. The van der Waals surface area contributed by atoms with Crippen molar-refractivity contribution in [1.82, 2.24) is 4.40 Å². The molecule has 2 aliphatic heterocycles. The van der Waals surface area contributed by atoms with Crippen molar-refractivity contribution < 1.29 is 9.13 Å². The van der Waals surface area contributed by atoms with Crippen LogP contribution in [0.15, 0.2) is 152 Å². The average molecular weight is 686 g/mol. The van der Waals surface area contributed by atoms with E-state index in [1.54, 1.807) is 0 Å². The number of benzene rings is 5. The number of aromatic nitrogens is 3. The Morgan fingerprint density at radius 1 is 0.635 bits per heavy atom. The zero-order valence-corrected chi connectivity index (χ0v) is 29.5. The van der Waals surface area contributed by atoms with Gasteiger partial charge in [0.25, 0.3) is 0 Å². The van der Waals surface area contributed by atoms with E-state index in [1.807, 2.05) is 11.3 Å². The van der Waals surface area contributed by atoms with E-state index in [4.69, 9.17) is 0 Å². The van der Waals surface area contributed by atoms with Gasteiger partial charge in [0.15, 0.2) is 24.5 Å². The van der Waals surface area contributed by atoms with Crippen LogP contribution in [0.4, 0.5) is 0 Å². The minimum absolute atomic E-state index is 0.137. The summed E-state index contributed by atoms with van der Waals surface area (Å²) in [5.41, 5.74) is 12.1. The van der Waals surface area contributed by atoms with Crippen LogP contribution < -0.4 is 9.13 Å². The van der Waals surface area contributed by atoms with Crippen LogP contribution >= 0.6 is 11.3 Å². The molecule has 12 rings (SSSR count). The summed E-state index contributed by atoms with van der Waals surface area (Å²) in [5.74, 6) is 0.377. The van der Waals surface area contributed by atoms with Gasteiger partial charge in [0.05, 0.1) is 28.5 Å². The molecule has 3 nitrogen and oxygen atoms in total. The van der Waals surface area contributed by atoms with Gasteiger partial charge in [-0.1, -0.05) is 61.2 Å². The summed E-state index contributed by atoms with van der Waals surface area (Å²) in [4.78, 5) is 0. The predicted octanol–water partition coefficient (Wildman–Crippen LogP) is 11.5. The molecule has 0 spiro atoms. The minimum atomic E-state index is 0.137. The highest BCUT2D eigenvalue weighted by Crippen LogP contribution is 2.48. The zero-order valence-electron chi connectivity index (χ0n) is 28.7. The summed E-state index contributed by atoms with van der Waals surface area (Å²) in [5, 5.41) is 8.12. The molecular formula is C48H35N3S+2. The Morgan fingerprint density at radius 2 is 1.40 bits per heavy atom. The van der Waals surface area contributed by atoms with Crippen LogP contribution in [0.5, 0.6) is 0 Å². The third-order valence-electron chi connectivity index (χ3n) is 12.4. The molecular weight excluding hydrogens is 651 g/mol. The fourth-order valence-electron chi connectivity index (χ4n) is 10.2. The molecule has 3 atom stereocenters. The molecule has 0 bridgehead atoms. The van der Waals surface area contributed by atoms with E-state index in [9.17, 15) is 0 Å². The first-order valence-electron chi connectivity index (χ1n) is 18.5. The van der Waals surface area contributed by atoms with Gasteiger partial charge in [-0.15, -0.1) is 11.3 Å². The van der Waals surface area contributed by atoms with Gasteiger partial charge in [-0.05, 0) is 78.6 Å². The topological polar surface area (TPSA) is 12.2 Å². The number of allylic oxidation sites excluding steroid dienone is 1. The van der Waals surface area contributed by atoms with Crippen molar-refractivity contribution in [1.29, 1.82) is 0 Å². The maximum atomic E-state index is 4.44. The fraction of sp³-hybridized carbons (Fsp3) is 0.125. The van der Waals surface area contributed by atoms with E-state index in [2.05, 4.69) is 166 Å². The molecule has 0 saturated heterocycles. The number of aryl methyl sites for hydroxylation is 1. The third-order valence-corrected chi connectivity index (χ3v) is 13.5. The molecule has 7 heterocycles. The Labute approximate surface area is 305 Å². The van der Waals surface area contributed by atoms with Gasteiger partial charge in [-0.3, -0.25) is 0 Å². The van der Waals surface area contributed by atoms with Crippen molar-refractivity contribution in [2.45, 2.75) is 37.3 Å². The average Bonchev–Trinajstić information content (AvgIpc) is 3.85. The monoisotopic (exact) mass is 685 g/mol. The molecule has 52 heavy (non-hydrogen) atoms. The van der Waals surface area contributed by atoms with Crippen molar-refractivity contribution in [2.75, 3.05) is 0 Å². The summed E-state index contributed by atoms with van der Waals surface area (Å²) >= 11 is 1.90. The molecule has 4 heteroatoms. The summed E-state index contributed by atoms with van der Waals surface area (Å²) < 4.78 is 10.3. The molecule has 0 aliphatic carbocycles. The van der Waals surface area contributed by atoms with Crippen molar-refractivity contribution >= 4 is 69.6 Å². The Bertz CT molecular complexity index is 3110. The molecule has 10 aromatic rings. The van der Waals surface area contributed by atoms with Gasteiger partial charge in [-0.2, -0.15) is 9.13 Å². The number of pyridine rings is 2. The molecule has 0 amide bonds. The molecule has 0 saturated carbocycles. The summed E-state index contributed by atoms with van der Waals surface area (Å²) in [6.45, 7) is 4.44. The second kappa shape index (κ2) is 10.6. The van der Waals surface area contributed by atoms with Crippen LogP contribution in [0.25, 0.3) is 80.8 Å². The van der Waals surface area contributed by atoms with Gasteiger partial charge in [-0.25, -0.2) is 0 Å². The Kier molecular flexibility index (Phi) is 5.87. The number of hydrogen-bond donors (Lipinski definition) is 0. The largest absolute Gasteiger partial charge is 0.308 e. The smallest absolute Gasteiger partial charge is 0.213 e. The maximum absolute atomic E-state index is 4.44. The van der Waals surface area contributed by atoms with E-state index in [1.165, 1.54) is 91.9 Å². The first kappa shape index (κ1) is 28.8. The summed E-state index contributed by atoms with van der Waals surface area (Å²) in [6.07, 6.45) is 9.80. The predicted molar refractivity (Wildman–Crippen MR) is 216 cm³/mol. The third kappa shape index (κ3) is 3.75. The van der Waals surface area contributed by atoms with Crippen LogP contribution in [0.1, 0.15) is 42.0 Å². The van der Waals surface area contributed by atoms with Crippen LogP contribution in [-0.4, -0.2) is 4.40 Å². The van der Waals surface area contributed by atoms with E-state index in [0.29, 0.717) is 12.0 Å². The van der Waals surface area contributed by atoms with Crippen molar-refractivity contribution in [2.24, 2.45) is 0 Å². The maximum Gasteiger partial charge on any atom is 0.213 e. The lowest BCUT2D eigenvalue weighted by Crippen LogP contribution is -2.51. The van der Waals surface area contributed by atoms with Crippen LogP contribution in [0.2, 0.25) is 0 Å². The number of fused-ring (bicyclic) bond motifs is 19. The Morgan fingerprint density at radius 3 is 2.31 bits per heavy atom. The van der Waals surface area contributed by atoms with Crippen LogP contribution in [-0.2, 0) is 6.42 Å². The lowest BCUT2D eigenvalue weighted by molar-refractivity contribution is -0.745. The summed E-state index contributed by atoms with van der Waals surface area (Å²) in [6, 6.07) is 48.6. The molecule has 3 unspecified atom stereocenters. The number of thiophene rings is 1. The van der Waals surface area contributed by atoms with Crippen LogP contribution in [0, 0.1) is 0 Å². The quantitative estimate of drug-likeness (QED) is 0.120. The van der Waals surface area contributed by atoms with Crippen molar-refractivity contribution in [3.05, 3.63) is 164 Å². The first-order chi connectivity index (χ1) is 25.8. The molecule has 2 aliphatic rings. The van der Waals surface area contributed by atoms with Crippen LogP contribution in [0.3, 0.4) is 0 Å². The number of rotatable bonds is 1. The van der Waals surface area contributed by atoms with Gasteiger partial charge in [0.2, 0.25) is 11.4 Å². The summed E-state index contributed by atoms with van der Waals surface area (Å²) in [7, 11) is 0. The van der Waals surface area contributed by atoms with E-state index in [-0.39, 0.29) is 6.04 Å². The standard InChI is InChI=1S/C48H35N3S/c1-2-30-27-42-33(31-12-3-4-13-32(31)39-17-8-10-25-50(39)42)21-20-29-26-43-38(28-37(29)40-18-7-9-24-49(30)40)34-15-11-16-36-46-41(51(43)48(34)36)22-23-45-47(46)35-14-5-6-19-44(35)52-45/h2-19,22-26,28,30,33,42H,1,20-21,27H2/q+2. The highest BCUT2D eigenvalue weighted by atomic mass is 32.1. The van der Waals surface area contributed by atoms with Gasteiger partial charge < -0.3 is 4.40 Å². The highest BCUT2D eigenvalue weighted by Gasteiger charge is 2.43. The number of nitrogens with zero attached hydrogens (tertiary/aromatic N) is 3. The van der Waals surface area contributed by atoms with Gasteiger partial charge >= 0.3 is 0 Å². The number of para-hydroxylation sites is 1. The minimum Gasteiger partial charge on any atom is -0.308 e. The second-order valence-electron chi connectivity index (χ2n) is 14.8. The van der Waals surface area contributed by atoms with Gasteiger partial charge in [0.1, 0.15) is 0 Å². The van der Waals surface area contributed by atoms with Crippen molar-refractivity contribution in [3.63, 3.8) is 0 Å². The first-order valence-corrected chi connectivity index (χ1v) is 19.4. The normalized spacial score (nSPS) is 18.4. The highest BCUT2D eigenvalue weighted by molar-refractivity contribution is 7.26.